The van der Waals surface area contributed by atoms with Gasteiger partial charge in [0, 0.05) is 13.7 Å². The van der Waals surface area contributed by atoms with E-state index in [0.717, 1.165) is 17.9 Å². The Hall–Kier alpha value is -1.35. The van der Waals surface area contributed by atoms with Gasteiger partial charge in [-0.1, -0.05) is 44.7 Å². The van der Waals surface area contributed by atoms with Crippen LogP contribution in [0.15, 0.2) is 24.3 Å². The van der Waals surface area contributed by atoms with E-state index in [4.69, 9.17) is 4.74 Å². The topological polar surface area (TPSA) is 27.1 Å². The van der Waals surface area contributed by atoms with E-state index in [-0.39, 0.29) is 0 Å². The first-order valence-electron chi connectivity index (χ1n) is 7.30. The number of imidazole rings is 1. The molecule has 3 heteroatoms. The van der Waals surface area contributed by atoms with Gasteiger partial charge in [-0.25, -0.2) is 4.98 Å². The Morgan fingerprint density at radius 2 is 1.89 bits per heavy atom. The zero-order valence-electron chi connectivity index (χ0n) is 12.1. The summed E-state index contributed by atoms with van der Waals surface area (Å²) < 4.78 is 7.57. The Balaban J connectivity index is 2.08. The third-order valence-electron chi connectivity index (χ3n) is 3.49. The largest absolute Gasteiger partial charge is 0.377 e. The van der Waals surface area contributed by atoms with Gasteiger partial charge in [0.2, 0.25) is 0 Å². The molecule has 0 unspecified atom stereocenters. The second kappa shape index (κ2) is 7.29. The summed E-state index contributed by atoms with van der Waals surface area (Å²) in [6, 6.07) is 8.33. The van der Waals surface area contributed by atoms with E-state index in [1.54, 1.807) is 7.11 Å². The molecular formula is C16H24N2O. The molecule has 1 aromatic heterocycles. The van der Waals surface area contributed by atoms with Crippen LogP contribution in [0.4, 0.5) is 0 Å². The molecule has 0 aliphatic heterocycles. The van der Waals surface area contributed by atoms with Crippen LogP contribution in [0.3, 0.4) is 0 Å². The van der Waals surface area contributed by atoms with Crippen molar-refractivity contribution in [2.45, 2.75) is 52.2 Å². The molecule has 19 heavy (non-hydrogen) atoms. The van der Waals surface area contributed by atoms with E-state index < -0.39 is 0 Å². The molecule has 0 atom stereocenters. The predicted octanol–water partition coefficient (Wildman–Crippen LogP) is 4.15. The maximum Gasteiger partial charge on any atom is 0.135 e. The number of para-hydroxylation sites is 2. The van der Waals surface area contributed by atoms with E-state index in [9.17, 15) is 0 Å². The summed E-state index contributed by atoms with van der Waals surface area (Å²) in [6.07, 6.45) is 6.49. The Morgan fingerprint density at radius 3 is 2.68 bits per heavy atom. The molecular weight excluding hydrogens is 236 g/mol. The van der Waals surface area contributed by atoms with Crippen molar-refractivity contribution in [3.63, 3.8) is 0 Å². The van der Waals surface area contributed by atoms with Crippen LogP contribution in [0.1, 0.15) is 44.9 Å². The zero-order chi connectivity index (χ0) is 13.5. The average molecular weight is 260 g/mol. The summed E-state index contributed by atoms with van der Waals surface area (Å²) in [4.78, 5) is 4.66. The number of fused-ring (bicyclic) bond motifs is 1. The minimum Gasteiger partial charge on any atom is -0.377 e. The maximum absolute atomic E-state index is 5.26. The Kier molecular flexibility index (Phi) is 5.40. The molecule has 0 radical (unpaired) electrons. The van der Waals surface area contributed by atoms with Crippen LogP contribution in [0, 0.1) is 0 Å². The molecule has 104 valence electrons. The molecule has 2 rings (SSSR count). The van der Waals surface area contributed by atoms with Crippen LogP contribution < -0.4 is 0 Å². The van der Waals surface area contributed by atoms with Crippen molar-refractivity contribution in [1.29, 1.82) is 0 Å². The van der Waals surface area contributed by atoms with Crippen molar-refractivity contribution < 1.29 is 4.74 Å². The fourth-order valence-electron chi connectivity index (χ4n) is 2.49. The van der Waals surface area contributed by atoms with Crippen molar-refractivity contribution >= 4 is 11.0 Å². The number of hydrogen-bond donors (Lipinski definition) is 0. The Labute approximate surface area is 115 Å². The van der Waals surface area contributed by atoms with Crippen LogP contribution in [-0.2, 0) is 17.9 Å². The molecule has 0 fully saturated rings. The molecule has 0 aliphatic rings. The molecule has 0 N–H and O–H groups in total. The van der Waals surface area contributed by atoms with Gasteiger partial charge in [0.15, 0.2) is 0 Å². The Bertz CT molecular complexity index is 504. The monoisotopic (exact) mass is 260 g/mol. The quantitative estimate of drug-likeness (QED) is 0.667. The molecule has 0 aliphatic carbocycles. The highest BCUT2D eigenvalue weighted by molar-refractivity contribution is 5.75. The van der Waals surface area contributed by atoms with Gasteiger partial charge in [-0.15, -0.1) is 0 Å². The molecule has 2 aromatic rings. The van der Waals surface area contributed by atoms with Gasteiger partial charge in [-0.2, -0.15) is 0 Å². The van der Waals surface area contributed by atoms with Gasteiger partial charge >= 0.3 is 0 Å². The van der Waals surface area contributed by atoms with Crippen LogP contribution >= 0.6 is 0 Å². The smallest absolute Gasteiger partial charge is 0.135 e. The highest BCUT2D eigenvalue weighted by atomic mass is 16.5. The third kappa shape index (κ3) is 3.57. The van der Waals surface area contributed by atoms with Crippen molar-refractivity contribution in [3.8, 4) is 0 Å². The van der Waals surface area contributed by atoms with Crippen molar-refractivity contribution in [2.75, 3.05) is 7.11 Å². The number of aryl methyl sites for hydroxylation is 1. The van der Waals surface area contributed by atoms with Gasteiger partial charge in [-0.3, -0.25) is 0 Å². The second-order valence-electron chi connectivity index (χ2n) is 5.02. The fraction of sp³-hybridized carbons (Fsp3) is 0.562. The number of benzene rings is 1. The molecule has 0 saturated carbocycles. The maximum atomic E-state index is 5.26. The molecule has 1 aromatic carbocycles. The SMILES string of the molecule is CCCCCCCn1c(COC)nc2ccccc21. The standard InChI is InChI=1S/C16H24N2O/c1-3-4-5-6-9-12-18-15-11-8-7-10-14(15)17-16(18)13-19-2/h7-8,10-11H,3-6,9,12-13H2,1-2H3. The Morgan fingerprint density at radius 1 is 1.11 bits per heavy atom. The van der Waals surface area contributed by atoms with E-state index in [1.165, 1.54) is 37.6 Å². The zero-order valence-corrected chi connectivity index (χ0v) is 12.1. The molecule has 3 nitrogen and oxygen atoms in total. The van der Waals surface area contributed by atoms with Crippen LogP contribution in [-0.4, -0.2) is 16.7 Å². The molecule has 0 bridgehead atoms. The highest BCUT2D eigenvalue weighted by Crippen LogP contribution is 2.18. The summed E-state index contributed by atoms with van der Waals surface area (Å²) in [5.74, 6) is 1.04. The molecule has 0 saturated heterocycles. The molecule has 0 amide bonds. The van der Waals surface area contributed by atoms with Crippen LogP contribution in [0.2, 0.25) is 0 Å². The summed E-state index contributed by atoms with van der Waals surface area (Å²) in [6.45, 7) is 3.88. The van der Waals surface area contributed by atoms with Crippen LogP contribution in [0.25, 0.3) is 11.0 Å². The van der Waals surface area contributed by atoms with Crippen LogP contribution in [0.5, 0.6) is 0 Å². The summed E-state index contributed by atoms with van der Waals surface area (Å²) in [7, 11) is 1.73. The second-order valence-corrected chi connectivity index (χ2v) is 5.02. The summed E-state index contributed by atoms with van der Waals surface area (Å²) >= 11 is 0. The van der Waals surface area contributed by atoms with Crippen molar-refractivity contribution in [3.05, 3.63) is 30.1 Å². The highest BCUT2D eigenvalue weighted by Gasteiger charge is 2.09. The number of ether oxygens (including phenoxy) is 1. The number of nitrogens with zero attached hydrogens (tertiary/aromatic N) is 2. The minimum absolute atomic E-state index is 0.587. The lowest BCUT2D eigenvalue weighted by molar-refractivity contribution is 0.174. The lowest BCUT2D eigenvalue weighted by Gasteiger charge is -2.08. The van der Waals surface area contributed by atoms with Gasteiger partial charge in [0.25, 0.3) is 0 Å². The van der Waals surface area contributed by atoms with Gasteiger partial charge < -0.3 is 9.30 Å². The number of unbranched alkanes of at least 4 members (excludes halogenated alkanes) is 4. The van der Waals surface area contributed by atoms with Crippen molar-refractivity contribution in [2.24, 2.45) is 0 Å². The summed E-state index contributed by atoms with van der Waals surface area (Å²) in [5, 5.41) is 0. The van der Waals surface area contributed by atoms with E-state index in [0.29, 0.717) is 6.61 Å². The fourth-order valence-corrected chi connectivity index (χ4v) is 2.49. The third-order valence-corrected chi connectivity index (χ3v) is 3.49. The molecule has 0 spiro atoms. The van der Waals surface area contributed by atoms with Gasteiger partial charge in [0.05, 0.1) is 11.0 Å². The van der Waals surface area contributed by atoms with Gasteiger partial charge in [0.1, 0.15) is 12.4 Å². The lowest BCUT2D eigenvalue weighted by Crippen LogP contribution is -2.05. The molecule has 1 heterocycles. The number of methoxy groups -OCH3 is 1. The first-order chi connectivity index (χ1) is 9.36. The number of aromatic nitrogens is 2. The lowest BCUT2D eigenvalue weighted by atomic mass is 10.1. The van der Waals surface area contributed by atoms with Crippen molar-refractivity contribution in [1.82, 2.24) is 9.55 Å². The number of hydrogen-bond acceptors (Lipinski definition) is 2. The average Bonchev–Trinajstić information content (AvgIpc) is 2.77. The van der Waals surface area contributed by atoms with E-state index >= 15 is 0 Å². The minimum atomic E-state index is 0.587. The predicted molar refractivity (Wildman–Crippen MR) is 79.2 cm³/mol. The van der Waals surface area contributed by atoms with E-state index in [1.807, 2.05) is 6.07 Å². The normalized spacial score (nSPS) is 11.3. The van der Waals surface area contributed by atoms with Gasteiger partial charge in [-0.05, 0) is 18.6 Å². The first-order valence-corrected chi connectivity index (χ1v) is 7.30. The first kappa shape index (κ1) is 14.1. The number of rotatable bonds is 8. The summed E-state index contributed by atoms with van der Waals surface area (Å²) in [5.41, 5.74) is 2.30. The van der Waals surface area contributed by atoms with E-state index in [2.05, 4.69) is 34.7 Å².